The van der Waals surface area contributed by atoms with Gasteiger partial charge in [0.05, 0.1) is 5.92 Å². The molecule has 0 bridgehead atoms. The Morgan fingerprint density at radius 2 is 1.65 bits per heavy atom. The molecule has 1 heterocycles. The topological polar surface area (TPSA) is 59.1 Å². The second kappa shape index (κ2) is 11.0. The van der Waals surface area contributed by atoms with E-state index in [1.165, 1.54) is 12.1 Å². The number of likely N-dealkylation sites (tertiary alicyclic amines) is 1. The summed E-state index contributed by atoms with van der Waals surface area (Å²) >= 11 is 0. The fourth-order valence-corrected chi connectivity index (χ4v) is 4.63. The minimum atomic E-state index is -5.79. The Kier molecular flexibility index (Phi) is 8.65. The van der Waals surface area contributed by atoms with E-state index in [2.05, 4.69) is 4.74 Å². The molecule has 0 radical (unpaired) electrons. The van der Waals surface area contributed by atoms with Crippen molar-refractivity contribution in [3.05, 3.63) is 29.6 Å². The first kappa shape index (κ1) is 29.0. The van der Waals surface area contributed by atoms with E-state index in [0.29, 0.717) is 18.4 Å². The van der Waals surface area contributed by atoms with E-state index in [0.717, 1.165) is 17.7 Å². The van der Waals surface area contributed by atoms with Crippen LogP contribution in [0.1, 0.15) is 51.0 Å². The number of carbonyl (C=O) groups is 2. The Morgan fingerprint density at radius 3 is 2.19 bits per heavy atom. The summed E-state index contributed by atoms with van der Waals surface area (Å²) in [7, 11) is 1.71. The third kappa shape index (κ3) is 7.05. The van der Waals surface area contributed by atoms with Crippen LogP contribution in [0.15, 0.2) is 18.2 Å². The van der Waals surface area contributed by atoms with Crippen LogP contribution in [0.4, 0.5) is 35.5 Å². The molecule has 37 heavy (non-hydrogen) atoms. The molecule has 0 atom stereocenters. The lowest BCUT2D eigenvalue weighted by Crippen LogP contribution is -2.54. The van der Waals surface area contributed by atoms with Crippen LogP contribution in [0.2, 0.25) is 0 Å². The number of carbonyl (C=O) groups excluding carboxylic acids is 2. The number of rotatable bonds is 6. The number of esters is 1. The zero-order valence-electron chi connectivity index (χ0n) is 20.4. The maximum atomic E-state index is 14.6. The maximum Gasteiger partial charge on any atom is 0.434 e. The Hall–Kier alpha value is -2.57. The highest BCUT2D eigenvalue weighted by Gasteiger charge is 2.60. The molecule has 6 nitrogen and oxygen atoms in total. The van der Waals surface area contributed by atoms with Crippen LogP contribution in [0.25, 0.3) is 0 Å². The lowest BCUT2D eigenvalue weighted by Gasteiger charge is -2.45. The van der Waals surface area contributed by atoms with Gasteiger partial charge in [0.2, 0.25) is 0 Å². The second-order valence-corrected chi connectivity index (χ2v) is 9.82. The highest BCUT2D eigenvalue weighted by atomic mass is 19.4. The van der Waals surface area contributed by atoms with Crippen LogP contribution in [0.3, 0.4) is 0 Å². The van der Waals surface area contributed by atoms with E-state index >= 15 is 0 Å². The van der Waals surface area contributed by atoms with Crippen LogP contribution in [0, 0.1) is 11.7 Å². The predicted molar refractivity (Wildman–Crippen MR) is 117 cm³/mol. The van der Waals surface area contributed by atoms with Crippen molar-refractivity contribution in [1.29, 1.82) is 0 Å². The van der Waals surface area contributed by atoms with Crippen molar-refractivity contribution in [3.63, 3.8) is 0 Å². The van der Waals surface area contributed by atoms with E-state index in [1.807, 2.05) is 11.8 Å². The van der Waals surface area contributed by atoms with Gasteiger partial charge in [0.1, 0.15) is 0 Å². The molecule has 0 aromatic heterocycles. The summed E-state index contributed by atoms with van der Waals surface area (Å²) in [5.41, 5.74) is -0.223. The lowest BCUT2D eigenvalue weighted by molar-refractivity contribution is -0.308. The van der Waals surface area contributed by atoms with Crippen LogP contribution >= 0.6 is 0 Å². The minimum absolute atomic E-state index is 0.144. The van der Waals surface area contributed by atoms with Crippen LogP contribution < -0.4 is 4.74 Å². The van der Waals surface area contributed by atoms with Gasteiger partial charge in [-0.2, -0.15) is 26.3 Å². The Balaban J connectivity index is 1.63. The number of alkyl halides is 6. The van der Waals surface area contributed by atoms with Gasteiger partial charge in [-0.3, -0.25) is 9.69 Å². The monoisotopic (exact) mass is 542 g/mol. The van der Waals surface area contributed by atoms with Crippen LogP contribution in [0.5, 0.6) is 5.75 Å². The van der Waals surface area contributed by atoms with Crippen molar-refractivity contribution in [2.24, 2.45) is 5.92 Å². The van der Waals surface area contributed by atoms with Gasteiger partial charge in [-0.25, -0.2) is 9.18 Å². The number of hydrogen-bond donors (Lipinski definition) is 0. The first-order valence-corrected chi connectivity index (χ1v) is 11.9. The van der Waals surface area contributed by atoms with Gasteiger partial charge in [-0.15, -0.1) is 0 Å². The summed E-state index contributed by atoms with van der Waals surface area (Å²) in [6.07, 6.45) is -13.9. The molecule has 3 rings (SSSR count). The molecule has 0 unspecified atom stereocenters. The highest BCUT2D eigenvalue weighted by Crippen LogP contribution is 2.37. The van der Waals surface area contributed by atoms with Crippen molar-refractivity contribution in [3.8, 4) is 5.75 Å². The largest absolute Gasteiger partial charge is 0.434 e. The van der Waals surface area contributed by atoms with Gasteiger partial charge < -0.3 is 14.4 Å². The number of benzene rings is 1. The molecule has 1 aromatic rings. The molecular formula is C24H29F7N2O4. The molecule has 13 heteroatoms. The molecule has 1 aliphatic heterocycles. The molecular weight excluding hydrogens is 513 g/mol. The number of piperidine rings is 1. The van der Waals surface area contributed by atoms with E-state index in [-0.39, 0.29) is 44.1 Å². The molecule has 1 saturated carbocycles. The minimum Gasteiger partial charge on any atom is -0.426 e. The lowest BCUT2D eigenvalue weighted by atomic mass is 9.87. The van der Waals surface area contributed by atoms with Crippen molar-refractivity contribution in [2.45, 2.75) is 76.0 Å². The maximum absolute atomic E-state index is 14.6. The summed E-state index contributed by atoms with van der Waals surface area (Å²) in [6, 6.07) is 4.27. The zero-order chi connectivity index (χ0) is 27.6. The van der Waals surface area contributed by atoms with Gasteiger partial charge in [0.25, 0.3) is 6.10 Å². The predicted octanol–water partition coefficient (Wildman–Crippen LogP) is 5.84. The zero-order valence-corrected chi connectivity index (χ0v) is 20.4. The van der Waals surface area contributed by atoms with Gasteiger partial charge in [-0.1, -0.05) is 25.0 Å². The first-order valence-electron chi connectivity index (χ1n) is 11.9. The third-order valence-electron chi connectivity index (χ3n) is 7.18. The van der Waals surface area contributed by atoms with E-state index in [4.69, 9.17) is 4.74 Å². The number of hydrogen-bond acceptors (Lipinski definition) is 5. The van der Waals surface area contributed by atoms with Crippen molar-refractivity contribution in [1.82, 2.24) is 9.80 Å². The average Bonchev–Trinajstić information content (AvgIpc) is 3.33. The molecule has 0 N–H and O–H groups in total. The fraction of sp³-hybridized carbons (Fsp3) is 0.667. The average molecular weight is 542 g/mol. The van der Waals surface area contributed by atoms with Crippen molar-refractivity contribution >= 4 is 12.1 Å². The molecule has 1 saturated heterocycles. The SMILES string of the molecule is CN(Cc1cccc(F)c1OC(=O)C1CCCC1)C1(C)CCN(C(=O)OC(C(F)(F)F)C(F)(F)F)CC1. The number of para-hydroxylation sites is 1. The summed E-state index contributed by atoms with van der Waals surface area (Å²) in [4.78, 5) is 27.2. The van der Waals surface area contributed by atoms with Crippen molar-refractivity contribution < 1.29 is 49.8 Å². The first-order chi connectivity index (χ1) is 17.1. The summed E-state index contributed by atoms with van der Waals surface area (Å²) in [6.45, 7) is 1.67. The number of halogens is 7. The third-order valence-corrected chi connectivity index (χ3v) is 7.18. The second-order valence-electron chi connectivity index (χ2n) is 9.82. The normalized spacial score (nSPS) is 18.9. The van der Waals surface area contributed by atoms with E-state index < -0.39 is 41.9 Å². The molecule has 1 aromatic carbocycles. The summed E-state index contributed by atoms with van der Waals surface area (Å²) in [5.74, 6) is -1.62. The molecule has 208 valence electrons. The Bertz CT molecular complexity index is 955. The Labute approximate surface area is 209 Å². The smallest absolute Gasteiger partial charge is 0.426 e. The molecule has 2 aliphatic rings. The van der Waals surface area contributed by atoms with Crippen LogP contribution in [-0.2, 0) is 16.1 Å². The number of amides is 1. The standard InChI is InChI=1S/C24H29F7N2O4/c1-22(10-12-33(13-11-22)21(35)37-20(23(26,27)28)24(29,30)31)32(2)14-16-8-5-9-17(25)18(16)36-19(34)15-6-3-4-7-15/h5,8-9,15,20H,3-4,6-7,10-14H2,1-2H3. The summed E-state index contributed by atoms with van der Waals surface area (Å²) in [5, 5.41) is 0. The molecule has 1 aliphatic carbocycles. The highest BCUT2D eigenvalue weighted by molar-refractivity contribution is 5.75. The fourth-order valence-electron chi connectivity index (χ4n) is 4.63. The van der Waals surface area contributed by atoms with Gasteiger partial charge >= 0.3 is 24.4 Å². The van der Waals surface area contributed by atoms with Crippen LogP contribution in [-0.4, -0.2) is 66.0 Å². The molecule has 0 spiro atoms. The van der Waals surface area contributed by atoms with Gasteiger partial charge in [0, 0.05) is 30.7 Å². The van der Waals surface area contributed by atoms with E-state index in [1.54, 1.807) is 13.1 Å². The van der Waals surface area contributed by atoms with Crippen molar-refractivity contribution in [2.75, 3.05) is 20.1 Å². The summed E-state index contributed by atoms with van der Waals surface area (Å²) < 4.78 is 100. The van der Waals surface area contributed by atoms with E-state index in [9.17, 15) is 40.3 Å². The number of ether oxygens (including phenoxy) is 2. The quantitative estimate of drug-likeness (QED) is 0.257. The molecule has 2 fully saturated rings. The molecule has 1 amide bonds. The van der Waals surface area contributed by atoms with Gasteiger partial charge in [-0.05, 0) is 45.7 Å². The Morgan fingerprint density at radius 1 is 1.08 bits per heavy atom. The number of nitrogens with zero attached hydrogens (tertiary/aromatic N) is 2. The van der Waals surface area contributed by atoms with Gasteiger partial charge in [0.15, 0.2) is 11.6 Å².